The van der Waals surface area contributed by atoms with Crippen LogP contribution in [0.25, 0.3) is 0 Å². The van der Waals surface area contributed by atoms with E-state index in [9.17, 15) is 13.2 Å². The van der Waals surface area contributed by atoms with Crippen molar-refractivity contribution in [1.82, 2.24) is 4.31 Å². The first kappa shape index (κ1) is 15.4. The van der Waals surface area contributed by atoms with Crippen LogP contribution in [-0.4, -0.2) is 31.6 Å². The number of rotatable bonds is 4. The van der Waals surface area contributed by atoms with E-state index in [1.165, 1.54) is 15.6 Å². The molecule has 3 rings (SSSR count). The molecule has 1 atom stereocenters. The lowest BCUT2D eigenvalue weighted by Crippen LogP contribution is -2.42. The number of piperidine rings is 1. The maximum Gasteiger partial charge on any atom is 0.252 e. The van der Waals surface area contributed by atoms with Gasteiger partial charge in [0.2, 0.25) is 0 Å². The molecular weight excluding hydrogens is 318 g/mol. The molecule has 0 bridgehead atoms. The van der Waals surface area contributed by atoms with E-state index in [-0.39, 0.29) is 18.2 Å². The monoisotopic (exact) mass is 335 g/mol. The zero-order valence-electron chi connectivity index (χ0n) is 12.0. The molecule has 0 N–H and O–H groups in total. The molecule has 0 saturated carbocycles. The van der Waals surface area contributed by atoms with Crippen LogP contribution in [0.2, 0.25) is 0 Å². The molecule has 2 aromatic rings. The molecule has 1 aromatic heterocycles. The Labute approximate surface area is 134 Å². The lowest BCUT2D eigenvalue weighted by molar-refractivity contribution is 0.0872. The highest BCUT2D eigenvalue weighted by molar-refractivity contribution is 7.91. The fourth-order valence-corrected chi connectivity index (χ4v) is 5.42. The van der Waals surface area contributed by atoms with Crippen molar-refractivity contribution in [1.29, 1.82) is 0 Å². The largest absolute Gasteiger partial charge is 0.294 e. The van der Waals surface area contributed by atoms with Gasteiger partial charge in [0.05, 0.1) is 0 Å². The molecule has 1 aliphatic heterocycles. The van der Waals surface area contributed by atoms with Crippen molar-refractivity contribution in [2.24, 2.45) is 5.92 Å². The van der Waals surface area contributed by atoms with Gasteiger partial charge in [0.15, 0.2) is 5.78 Å². The van der Waals surface area contributed by atoms with Gasteiger partial charge >= 0.3 is 0 Å². The average molecular weight is 335 g/mol. The predicted molar refractivity (Wildman–Crippen MR) is 86.6 cm³/mol. The number of hydrogen-bond donors (Lipinski definition) is 0. The van der Waals surface area contributed by atoms with Gasteiger partial charge in [0.1, 0.15) is 4.21 Å². The van der Waals surface area contributed by atoms with E-state index in [1.807, 2.05) is 18.2 Å². The Hall–Kier alpha value is -1.50. The number of carbonyl (C=O) groups excluding carboxylic acids is 1. The molecule has 116 valence electrons. The molecule has 22 heavy (non-hydrogen) atoms. The predicted octanol–water partition coefficient (Wildman–Crippen LogP) is 3.03. The van der Waals surface area contributed by atoms with Crippen LogP contribution in [-0.2, 0) is 10.0 Å². The number of carbonyl (C=O) groups is 1. The molecule has 1 aromatic carbocycles. The van der Waals surface area contributed by atoms with Crippen LogP contribution in [0.1, 0.15) is 23.2 Å². The Kier molecular flexibility index (Phi) is 4.42. The van der Waals surface area contributed by atoms with E-state index in [0.717, 1.165) is 6.42 Å². The normalized spacial score (nSPS) is 19.9. The number of sulfonamides is 1. The second kappa shape index (κ2) is 6.32. The summed E-state index contributed by atoms with van der Waals surface area (Å²) in [5.41, 5.74) is 0.655. The van der Waals surface area contributed by atoms with E-state index < -0.39 is 10.0 Å². The Morgan fingerprint density at radius 2 is 1.91 bits per heavy atom. The number of hydrogen-bond acceptors (Lipinski definition) is 4. The molecular formula is C16H17NO3S2. The van der Waals surface area contributed by atoms with Crippen molar-refractivity contribution in [3.05, 3.63) is 53.4 Å². The molecule has 6 heteroatoms. The molecule has 1 fully saturated rings. The van der Waals surface area contributed by atoms with Crippen molar-refractivity contribution < 1.29 is 13.2 Å². The number of nitrogens with zero attached hydrogens (tertiary/aromatic N) is 1. The molecule has 0 spiro atoms. The topological polar surface area (TPSA) is 54.5 Å². The Balaban J connectivity index is 1.79. The van der Waals surface area contributed by atoms with Crippen LogP contribution in [0.15, 0.2) is 52.1 Å². The SMILES string of the molecule is O=C(c1ccccc1)C1CCCN(S(=O)(=O)c2cccs2)C1. The molecule has 0 aliphatic carbocycles. The lowest BCUT2D eigenvalue weighted by atomic mass is 9.91. The van der Waals surface area contributed by atoms with Gasteiger partial charge in [-0.15, -0.1) is 11.3 Å². The van der Waals surface area contributed by atoms with Gasteiger partial charge in [-0.1, -0.05) is 36.4 Å². The third-order valence-corrected chi connectivity index (χ3v) is 7.14. The smallest absolute Gasteiger partial charge is 0.252 e. The third kappa shape index (κ3) is 2.99. The van der Waals surface area contributed by atoms with Gasteiger partial charge < -0.3 is 0 Å². The van der Waals surface area contributed by atoms with Crippen molar-refractivity contribution >= 4 is 27.1 Å². The number of thiophene rings is 1. The first-order valence-corrected chi connectivity index (χ1v) is 9.54. The van der Waals surface area contributed by atoms with Gasteiger partial charge in [-0.05, 0) is 24.3 Å². The highest BCUT2D eigenvalue weighted by Gasteiger charge is 2.33. The summed E-state index contributed by atoms with van der Waals surface area (Å²) in [5, 5.41) is 1.75. The fourth-order valence-electron chi connectivity index (χ4n) is 2.75. The van der Waals surface area contributed by atoms with Crippen molar-refractivity contribution in [3.8, 4) is 0 Å². The third-order valence-electron chi connectivity index (χ3n) is 3.90. The van der Waals surface area contributed by atoms with Gasteiger partial charge in [0.25, 0.3) is 10.0 Å². The summed E-state index contributed by atoms with van der Waals surface area (Å²) in [7, 11) is -3.47. The zero-order valence-corrected chi connectivity index (χ0v) is 13.6. The summed E-state index contributed by atoms with van der Waals surface area (Å²) in [6.07, 6.45) is 1.46. The minimum absolute atomic E-state index is 0.0340. The minimum Gasteiger partial charge on any atom is -0.294 e. The van der Waals surface area contributed by atoms with Crippen LogP contribution in [0.5, 0.6) is 0 Å². The maximum absolute atomic E-state index is 12.6. The van der Waals surface area contributed by atoms with Crippen LogP contribution in [0, 0.1) is 5.92 Å². The van der Waals surface area contributed by atoms with E-state index >= 15 is 0 Å². The van der Waals surface area contributed by atoms with Crippen molar-refractivity contribution in [2.75, 3.05) is 13.1 Å². The van der Waals surface area contributed by atoms with Gasteiger partial charge in [-0.3, -0.25) is 4.79 Å². The summed E-state index contributed by atoms with van der Waals surface area (Å²) >= 11 is 1.21. The number of Topliss-reactive ketones (excluding diaryl/α,β-unsaturated/α-hetero) is 1. The first-order valence-electron chi connectivity index (χ1n) is 7.22. The summed E-state index contributed by atoms with van der Waals surface area (Å²) in [4.78, 5) is 12.5. The van der Waals surface area contributed by atoms with E-state index in [4.69, 9.17) is 0 Å². The standard InChI is InChI=1S/C16H17NO3S2/c18-16(13-6-2-1-3-7-13)14-8-4-10-17(12-14)22(19,20)15-9-5-11-21-15/h1-3,5-7,9,11,14H,4,8,10,12H2. The second-order valence-corrected chi connectivity index (χ2v) is 8.48. The molecule has 1 unspecified atom stereocenters. The van der Waals surface area contributed by atoms with E-state index in [0.29, 0.717) is 22.7 Å². The van der Waals surface area contributed by atoms with Gasteiger partial charge in [-0.2, -0.15) is 4.31 Å². The maximum atomic E-state index is 12.6. The number of benzene rings is 1. The summed E-state index contributed by atoms with van der Waals surface area (Å²) in [6.45, 7) is 0.757. The highest BCUT2D eigenvalue weighted by atomic mass is 32.2. The Morgan fingerprint density at radius 3 is 2.59 bits per heavy atom. The molecule has 1 saturated heterocycles. The van der Waals surface area contributed by atoms with Crippen LogP contribution in [0.4, 0.5) is 0 Å². The fraction of sp³-hybridized carbons (Fsp3) is 0.312. The lowest BCUT2D eigenvalue weighted by Gasteiger charge is -2.30. The number of ketones is 1. The summed E-state index contributed by atoms with van der Waals surface area (Å²) in [6, 6.07) is 12.4. The first-order chi connectivity index (χ1) is 10.6. The Morgan fingerprint density at radius 1 is 1.14 bits per heavy atom. The Bertz CT molecular complexity index is 739. The minimum atomic E-state index is -3.47. The molecule has 0 amide bonds. The van der Waals surface area contributed by atoms with Crippen LogP contribution in [0.3, 0.4) is 0 Å². The van der Waals surface area contributed by atoms with Crippen molar-refractivity contribution in [3.63, 3.8) is 0 Å². The molecule has 2 heterocycles. The van der Waals surface area contributed by atoms with Crippen LogP contribution >= 0.6 is 11.3 Å². The molecule has 1 aliphatic rings. The summed E-state index contributed by atoms with van der Waals surface area (Å²) < 4.78 is 27.0. The van der Waals surface area contributed by atoms with Crippen molar-refractivity contribution in [2.45, 2.75) is 17.1 Å². The quantitative estimate of drug-likeness (QED) is 0.807. The highest BCUT2D eigenvalue weighted by Crippen LogP contribution is 2.27. The zero-order chi connectivity index (χ0) is 15.6. The van der Waals surface area contributed by atoms with E-state index in [1.54, 1.807) is 29.6 Å². The molecule has 4 nitrogen and oxygen atoms in total. The van der Waals surface area contributed by atoms with E-state index in [2.05, 4.69) is 0 Å². The van der Waals surface area contributed by atoms with Gasteiger partial charge in [-0.25, -0.2) is 8.42 Å². The van der Waals surface area contributed by atoms with Gasteiger partial charge in [0, 0.05) is 24.6 Å². The summed E-state index contributed by atoms with van der Waals surface area (Å²) in [5.74, 6) is -0.224. The molecule has 0 radical (unpaired) electrons. The average Bonchev–Trinajstić information content (AvgIpc) is 3.10. The van der Waals surface area contributed by atoms with Crippen LogP contribution < -0.4 is 0 Å². The second-order valence-electron chi connectivity index (χ2n) is 5.36.